The fourth-order valence-electron chi connectivity index (χ4n) is 3.57. The number of thioether (sulfide) groups is 1. The van der Waals surface area contributed by atoms with Crippen molar-refractivity contribution >= 4 is 35.4 Å². The van der Waals surface area contributed by atoms with E-state index in [0.717, 1.165) is 24.1 Å². The van der Waals surface area contributed by atoms with E-state index < -0.39 is 0 Å². The Bertz CT molecular complexity index is 859. The Labute approximate surface area is 163 Å². The van der Waals surface area contributed by atoms with Crippen LogP contribution >= 0.6 is 11.8 Å². The normalized spacial score (nSPS) is 23.9. The predicted molar refractivity (Wildman–Crippen MR) is 111 cm³/mol. The Kier molecular flexibility index (Phi) is 5.39. The minimum absolute atomic E-state index is 0.0161. The van der Waals surface area contributed by atoms with Gasteiger partial charge in [0.25, 0.3) is 11.8 Å². The number of aliphatic imine (C=N–C) groups is 1. The molecule has 2 aliphatic carbocycles. The van der Waals surface area contributed by atoms with Crippen LogP contribution in [0, 0.1) is 0 Å². The lowest BCUT2D eigenvalue weighted by Gasteiger charge is -2.22. The van der Waals surface area contributed by atoms with E-state index in [1.54, 1.807) is 0 Å². The number of amides is 2. The van der Waals surface area contributed by atoms with Crippen LogP contribution in [0.3, 0.4) is 0 Å². The van der Waals surface area contributed by atoms with Crippen molar-refractivity contribution in [1.29, 1.82) is 0 Å². The van der Waals surface area contributed by atoms with Crippen molar-refractivity contribution in [3.05, 3.63) is 64.6 Å². The highest BCUT2D eigenvalue weighted by atomic mass is 32.2. The summed E-state index contributed by atoms with van der Waals surface area (Å²) in [7, 11) is 0. The molecule has 1 aliphatic heterocycles. The molecule has 0 spiro atoms. The van der Waals surface area contributed by atoms with Gasteiger partial charge in [-0.3, -0.25) is 9.59 Å². The molecule has 1 heterocycles. The van der Waals surface area contributed by atoms with Gasteiger partial charge in [-0.1, -0.05) is 49.6 Å². The first-order valence-corrected chi connectivity index (χ1v) is 10.3. The lowest BCUT2D eigenvalue weighted by molar-refractivity contribution is -0.113. The Hall–Kier alpha value is -2.40. The van der Waals surface area contributed by atoms with Crippen molar-refractivity contribution < 1.29 is 9.59 Å². The van der Waals surface area contributed by atoms with E-state index in [2.05, 4.69) is 10.3 Å². The second-order valence-corrected chi connectivity index (χ2v) is 8.25. The molecular weight excluding hydrogens is 356 g/mol. The van der Waals surface area contributed by atoms with Gasteiger partial charge in [0.05, 0.1) is 15.9 Å². The Morgan fingerprint density at radius 2 is 1.89 bits per heavy atom. The zero-order valence-electron chi connectivity index (χ0n) is 15.1. The highest BCUT2D eigenvalue weighted by molar-refractivity contribution is 8.05. The van der Waals surface area contributed by atoms with E-state index in [0.29, 0.717) is 16.5 Å². The molecule has 0 radical (unpaired) electrons. The first kappa shape index (κ1) is 18.0. The van der Waals surface area contributed by atoms with E-state index in [9.17, 15) is 9.59 Å². The maximum absolute atomic E-state index is 12.4. The fourth-order valence-corrected chi connectivity index (χ4v) is 4.61. The lowest BCUT2D eigenvalue weighted by Crippen LogP contribution is -2.36. The number of hydrogen-bond acceptors (Lipinski definition) is 3. The second-order valence-electron chi connectivity index (χ2n) is 7.06. The molecule has 1 unspecified atom stereocenters. The monoisotopic (exact) mass is 378 g/mol. The molecule has 27 heavy (non-hydrogen) atoms. The Morgan fingerprint density at radius 3 is 2.67 bits per heavy atom. The third-order valence-electron chi connectivity index (χ3n) is 5.06. The average Bonchev–Trinajstić information content (AvgIpc) is 2.70. The molecule has 5 heteroatoms. The summed E-state index contributed by atoms with van der Waals surface area (Å²) in [6.45, 7) is 0. The third kappa shape index (κ3) is 4.30. The summed E-state index contributed by atoms with van der Waals surface area (Å²) in [5.41, 5.74) is 2.36. The van der Waals surface area contributed by atoms with Crippen LogP contribution in [0.15, 0.2) is 58.5 Å². The number of rotatable bonds is 3. The second kappa shape index (κ2) is 8.09. The van der Waals surface area contributed by atoms with Crippen LogP contribution in [0.5, 0.6) is 0 Å². The van der Waals surface area contributed by atoms with E-state index >= 15 is 0 Å². The molecule has 1 saturated carbocycles. The summed E-state index contributed by atoms with van der Waals surface area (Å²) in [4.78, 5) is 29.5. The van der Waals surface area contributed by atoms with Gasteiger partial charge in [-0.05, 0) is 42.7 Å². The number of fused-ring (bicyclic) bond motifs is 1. The molecule has 0 bridgehead atoms. The number of nitrogens with zero attached hydrogens (tertiary/aromatic N) is 1. The molecule has 4 nitrogen and oxygen atoms in total. The third-order valence-corrected chi connectivity index (χ3v) is 6.26. The van der Waals surface area contributed by atoms with Crippen molar-refractivity contribution in [2.45, 2.75) is 43.4 Å². The van der Waals surface area contributed by atoms with Crippen LogP contribution in [0.25, 0.3) is 6.08 Å². The highest BCUT2D eigenvalue weighted by Crippen LogP contribution is 2.32. The van der Waals surface area contributed by atoms with E-state index in [4.69, 9.17) is 0 Å². The molecule has 1 aromatic carbocycles. The number of hydrogen-bond donors (Lipinski definition) is 1. The minimum Gasteiger partial charge on any atom is -0.349 e. The first-order valence-electron chi connectivity index (χ1n) is 9.46. The van der Waals surface area contributed by atoms with Gasteiger partial charge >= 0.3 is 0 Å². The Balaban J connectivity index is 1.44. The van der Waals surface area contributed by atoms with Gasteiger partial charge in [0.1, 0.15) is 0 Å². The predicted octanol–water partition coefficient (Wildman–Crippen LogP) is 4.30. The van der Waals surface area contributed by atoms with Crippen molar-refractivity contribution in [1.82, 2.24) is 5.32 Å². The molecule has 1 N–H and O–H groups in total. The molecule has 3 aliphatic rings. The van der Waals surface area contributed by atoms with Crippen LogP contribution in [-0.4, -0.2) is 28.8 Å². The van der Waals surface area contributed by atoms with Crippen molar-refractivity contribution in [2.75, 3.05) is 0 Å². The number of nitrogens with one attached hydrogen (secondary N) is 1. The number of allylic oxidation sites excluding steroid dienone is 3. The summed E-state index contributed by atoms with van der Waals surface area (Å²) in [6, 6.07) is 7.70. The number of carbonyl (C=O) groups is 2. The highest BCUT2D eigenvalue weighted by Gasteiger charge is 2.25. The summed E-state index contributed by atoms with van der Waals surface area (Å²) >= 11 is 1.52. The van der Waals surface area contributed by atoms with Gasteiger partial charge < -0.3 is 5.32 Å². The summed E-state index contributed by atoms with van der Waals surface area (Å²) in [6.07, 6.45) is 15.4. The zero-order chi connectivity index (χ0) is 18.6. The van der Waals surface area contributed by atoms with Gasteiger partial charge in [0.15, 0.2) is 0 Å². The largest absolute Gasteiger partial charge is 0.349 e. The molecule has 1 atom stereocenters. The van der Waals surface area contributed by atoms with Crippen LogP contribution < -0.4 is 5.32 Å². The zero-order valence-corrected chi connectivity index (χ0v) is 15.9. The average molecular weight is 378 g/mol. The molecule has 4 rings (SSSR count). The van der Waals surface area contributed by atoms with E-state index in [1.165, 1.54) is 31.0 Å². The number of benzene rings is 1. The maximum atomic E-state index is 12.4. The van der Waals surface area contributed by atoms with Gasteiger partial charge in [0, 0.05) is 11.6 Å². The fraction of sp³-hybridized carbons (Fsp3) is 0.318. The van der Waals surface area contributed by atoms with Crippen LogP contribution in [0.4, 0.5) is 0 Å². The SMILES string of the molecule is O=C1N=C2C=CC=CC2S/C1=C/c1ccc(C(=O)NC2CCCCC2)cc1. The Morgan fingerprint density at radius 1 is 1.11 bits per heavy atom. The molecule has 2 amide bonds. The number of carbonyl (C=O) groups excluding carboxylic acids is 2. The minimum atomic E-state index is -0.203. The molecule has 1 fully saturated rings. The van der Waals surface area contributed by atoms with Crippen molar-refractivity contribution in [3.8, 4) is 0 Å². The molecule has 0 aromatic heterocycles. The summed E-state index contributed by atoms with van der Waals surface area (Å²) < 4.78 is 0. The molecule has 0 saturated heterocycles. The summed E-state index contributed by atoms with van der Waals surface area (Å²) in [5, 5.41) is 3.23. The summed E-state index contributed by atoms with van der Waals surface area (Å²) in [5.74, 6) is -0.220. The van der Waals surface area contributed by atoms with Crippen molar-refractivity contribution in [2.24, 2.45) is 4.99 Å². The van der Waals surface area contributed by atoms with Gasteiger partial charge in [-0.25, -0.2) is 4.99 Å². The van der Waals surface area contributed by atoms with Crippen LogP contribution in [-0.2, 0) is 4.79 Å². The van der Waals surface area contributed by atoms with Gasteiger partial charge in [-0.15, -0.1) is 11.8 Å². The molecule has 138 valence electrons. The molecule has 1 aromatic rings. The quantitative estimate of drug-likeness (QED) is 0.798. The van der Waals surface area contributed by atoms with E-state index in [-0.39, 0.29) is 17.1 Å². The van der Waals surface area contributed by atoms with Gasteiger partial charge in [-0.2, -0.15) is 0 Å². The maximum Gasteiger partial charge on any atom is 0.283 e. The van der Waals surface area contributed by atoms with Crippen LogP contribution in [0.2, 0.25) is 0 Å². The lowest BCUT2D eigenvalue weighted by atomic mass is 9.95. The standard InChI is InChI=1S/C22H22N2O2S/c25-21(23-17-6-2-1-3-7-17)16-12-10-15(11-13-16)14-20-22(26)24-18-8-4-5-9-19(18)27-20/h4-5,8-14,17,19H,1-3,6-7H2,(H,23,25)/b20-14+. The van der Waals surface area contributed by atoms with Gasteiger partial charge in [0.2, 0.25) is 0 Å². The van der Waals surface area contributed by atoms with Crippen molar-refractivity contribution in [3.63, 3.8) is 0 Å². The smallest absolute Gasteiger partial charge is 0.283 e. The first-order chi connectivity index (χ1) is 13.2. The topological polar surface area (TPSA) is 58.5 Å². The van der Waals surface area contributed by atoms with Crippen LogP contribution in [0.1, 0.15) is 48.0 Å². The molecular formula is C22H22N2O2S. The van der Waals surface area contributed by atoms with E-state index in [1.807, 2.05) is 54.6 Å².